The summed E-state index contributed by atoms with van der Waals surface area (Å²) >= 11 is 0. The smallest absolute Gasteiger partial charge is 0.238 e. The lowest BCUT2D eigenvalue weighted by atomic mass is 10.2. The van der Waals surface area contributed by atoms with E-state index in [4.69, 9.17) is 0 Å². The Hall–Kier alpha value is -1.47. The van der Waals surface area contributed by atoms with E-state index in [9.17, 15) is 17.6 Å². The van der Waals surface area contributed by atoms with Crippen LogP contribution >= 0.6 is 0 Å². The molecular weight excluding hydrogens is 283 g/mol. The van der Waals surface area contributed by atoms with Crippen LogP contribution in [0.4, 0.5) is 10.1 Å². The van der Waals surface area contributed by atoms with E-state index < -0.39 is 15.7 Å². The fourth-order valence-corrected chi connectivity index (χ4v) is 3.86. The fourth-order valence-electron chi connectivity index (χ4n) is 2.19. The Labute approximate surface area is 117 Å². The second-order valence-corrected chi connectivity index (χ2v) is 7.12. The van der Waals surface area contributed by atoms with Gasteiger partial charge in [0.1, 0.15) is 5.82 Å². The number of halogens is 1. The second kappa shape index (κ2) is 6.32. The van der Waals surface area contributed by atoms with E-state index in [1.54, 1.807) is 6.07 Å². The van der Waals surface area contributed by atoms with Crippen molar-refractivity contribution in [1.82, 2.24) is 5.32 Å². The van der Waals surface area contributed by atoms with Gasteiger partial charge in [0.25, 0.3) is 0 Å². The van der Waals surface area contributed by atoms with Crippen molar-refractivity contribution in [3.8, 4) is 0 Å². The lowest BCUT2D eigenvalue weighted by Crippen LogP contribution is -2.43. The number of benzene rings is 1. The van der Waals surface area contributed by atoms with Crippen LogP contribution in [0.15, 0.2) is 24.3 Å². The third kappa shape index (κ3) is 4.57. The molecule has 1 aromatic rings. The molecule has 0 spiro atoms. The second-order valence-electron chi connectivity index (χ2n) is 4.89. The summed E-state index contributed by atoms with van der Waals surface area (Å²) in [6.45, 7) is 0.0106. The van der Waals surface area contributed by atoms with Gasteiger partial charge in [-0.05, 0) is 31.0 Å². The van der Waals surface area contributed by atoms with Gasteiger partial charge in [0.15, 0.2) is 9.84 Å². The molecule has 5 nitrogen and oxygen atoms in total. The van der Waals surface area contributed by atoms with E-state index in [-0.39, 0.29) is 30.0 Å². The van der Waals surface area contributed by atoms with Gasteiger partial charge < -0.3 is 10.6 Å². The van der Waals surface area contributed by atoms with Crippen molar-refractivity contribution in [1.29, 1.82) is 0 Å². The van der Waals surface area contributed by atoms with Gasteiger partial charge in [-0.2, -0.15) is 0 Å². The molecule has 1 heterocycles. The predicted octanol–water partition coefficient (Wildman–Crippen LogP) is 0.931. The number of amides is 1. The Bertz CT molecular complexity index is 589. The highest BCUT2D eigenvalue weighted by Gasteiger charge is 2.24. The molecule has 0 saturated carbocycles. The van der Waals surface area contributed by atoms with Crippen molar-refractivity contribution in [3.63, 3.8) is 0 Å². The minimum Gasteiger partial charge on any atom is -0.325 e. The zero-order valence-corrected chi connectivity index (χ0v) is 11.7. The lowest BCUT2D eigenvalue weighted by Gasteiger charge is -2.22. The molecule has 0 bridgehead atoms. The maximum atomic E-state index is 12.9. The molecule has 1 fully saturated rings. The van der Waals surface area contributed by atoms with Crippen LogP contribution in [0.1, 0.15) is 12.8 Å². The van der Waals surface area contributed by atoms with Crippen LogP contribution in [0.2, 0.25) is 0 Å². The molecule has 2 rings (SSSR count). The Kier molecular flexibility index (Phi) is 4.72. The molecule has 0 aliphatic carbocycles. The van der Waals surface area contributed by atoms with Crippen molar-refractivity contribution in [3.05, 3.63) is 30.1 Å². The quantitative estimate of drug-likeness (QED) is 0.867. The number of nitrogens with one attached hydrogen (secondary N) is 2. The normalized spacial score (nSPS) is 21.4. The van der Waals surface area contributed by atoms with E-state index >= 15 is 0 Å². The van der Waals surface area contributed by atoms with Crippen molar-refractivity contribution in [2.24, 2.45) is 0 Å². The Morgan fingerprint density at radius 1 is 1.40 bits per heavy atom. The molecular formula is C13H17FN2O3S. The fraction of sp³-hybridized carbons (Fsp3) is 0.462. The monoisotopic (exact) mass is 300 g/mol. The number of anilines is 1. The number of carbonyl (C=O) groups is 1. The number of hydrogen-bond acceptors (Lipinski definition) is 4. The maximum Gasteiger partial charge on any atom is 0.238 e. The maximum absolute atomic E-state index is 12.9. The molecule has 2 N–H and O–H groups in total. The minimum atomic E-state index is -2.99. The van der Waals surface area contributed by atoms with Crippen molar-refractivity contribution in [2.75, 3.05) is 23.4 Å². The van der Waals surface area contributed by atoms with Gasteiger partial charge in [-0.15, -0.1) is 0 Å². The minimum absolute atomic E-state index is 0.0106. The molecule has 1 saturated heterocycles. The molecule has 1 aromatic carbocycles. The Morgan fingerprint density at radius 3 is 2.90 bits per heavy atom. The van der Waals surface area contributed by atoms with Gasteiger partial charge in [-0.3, -0.25) is 4.79 Å². The summed E-state index contributed by atoms with van der Waals surface area (Å²) in [5.74, 6) is -0.450. The van der Waals surface area contributed by atoms with E-state index in [0.29, 0.717) is 12.1 Å². The molecule has 1 amide bonds. The standard InChI is InChI=1S/C13H17FN2O3S/c14-10-3-1-4-11(7-10)16-13(17)8-15-12-5-2-6-20(18,19)9-12/h1,3-4,7,12,15H,2,5-6,8-9H2,(H,16,17). The lowest BCUT2D eigenvalue weighted by molar-refractivity contribution is -0.115. The molecule has 7 heteroatoms. The molecule has 1 atom stereocenters. The zero-order valence-electron chi connectivity index (χ0n) is 10.9. The highest BCUT2D eigenvalue weighted by Crippen LogP contribution is 2.12. The average molecular weight is 300 g/mol. The number of carbonyl (C=O) groups excluding carboxylic acids is 1. The predicted molar refractivity (Wildman–Crippen MR) is 74.7 cm³/mol. The number of rotatable bonds is 4. The Morgan fingerprint density at radius 2 is 2.20 bits per heavy atom. The molecule has 0 radical (unpaired) electrons. The van der Waals surface area contributed by atoms with Crippen molar-refractivity contribution >= 4 is 21.4 Å². The van der Waals surface area contributed by atoms with Gasteiger partial charge >= 0.3 is 0 Å². The van der Waals surface area contributed by atoms with E-state index in [1.165, 1.54) is 18.2 Å². The summed E-state index contributed by atoms with van der Waals surface area (Å²) in [6.07, 6.45) is 1.36. The summed E-state index contributed by atoms with van der Waals surface area (Å²) in [7, 11) is -2.99. The molecule has 20 heavy (non-hydrogen) atoms. The first-order chi connectivity index (χ1) is 9.44. The number of hydrogen-bond donors (Lipinski definition) is 2. The third-order valence-corrected chi connectivity index (χ3v) is 4.94. The van der Waals surface area contributed by atoms with Crippen LogP contribution in [0.3, 0.4) is 0 Å². The summed E-state index contributed by atoms with van der Waals surface area (Å²) in [4.78, 5) is 11.7. The number of sulfone groups is 1. The topological polar surface area (TPSA) is 75.3 Å². The first-order valence-corrected chi connectivity index (χ1v) is 8.26. The largest absolute Gasteiger partial charge is 0.325 e. The molecule has 110 valence electrons. The van der Waals surface area contributed by atoms with Gasteiger partial charge in [-0.25, -0.2) is 12.8 Å². The van der Waals surface area contributed by atoms with Gasteiger partial charge in [0.05, 0.1) is 18.1 Å². The zero-order chi connectivity index (χ0) is 14.6. The van der Waals surface area contributed by atoms with Crippen molar-refractivity contribution < 1.29 is 17.6 Å². The highest BCUT2D eigenvalue weighted by molar-refractivity contribution is 7.91. The molecule has 1 unspecified atom stereocenters. The van der Waals surface area contributed by atoms with E-state index in [1.807, 2.05) is 0 Å². The van der Waals surface area contributed by atoms with Crippen LogP contribution in [0, 0.1) is 5.82 Å². The highest BCUT2D eigenvalue weighted by atomic mass is 32.2. The molecule has 1 aliphatic rings. The Balaban J connectivity index is 1.80. The first-order valence-electron chi connectivity index (χ1n) is 6.44. The van der Waals surface area contributed by atoms with Crippen LogP contribution in [0.25, 0.3) is 0 Å². The van der Waals surface area contributed by atoms with Crippen LogP contribution < -0.4 is 10.6 Å². The molecule has 1 aliphatic heterocycles. The summed E-state index contributed by atoms with van der Waals surface area (Å²) in [5, 5.41) is 5.48. The summed E-state index contributed by atoms with van der Waals surface area (Å²) in [5.41, 5.74) is 0.382. The molecule has 0 aromatic heterocycles. The summed E-state index contributed by atoms with van der Waals surface area (Å²) in [6, 6.07) is 5.43. The first kappa shape index (κ1) is 14.9. The van der Waals surface area contributed by atoms with Gasteiger partial charge in [0.2, 0.25) is 5.91 Å². The SMILES string of the molecule is O=C(CNC1CCCS(=O)(=O)C1)Nc1cccc(F)c1. The van der Waals surface area contributed by atoms with Crippen LogP contribution in [-0.2, 0) is 14.6 Å². The van der Waals surface area contributed by atoms with E-state index in [2.05, 4.69) is 10.6 Å². The average Bonchev–Trinajstić information content (AvgIpc) is 2.35. The summed E-state index contributed by atoms with van der Waals surface area (Å²) < 4.78 is 35.8. The van der Waals surface area contributed by atoms with E-state index in [0.717, 1.165) is 6.42 Å². The van der Waals surface area contributed by atoms with Crippen LogP contribution in [-0.4, -0.2) is 38.4 Å². The third-order valence-electron chi connectivity index (χ3n) is 3.12. The van der Waals surface area contributed by atoms with Crippen molar-refractivity contribution in [2.45, 2.75) is 18.9 Å². The van der Waals surface area contributed by atoms with Gasteiger partial charge in [-0.1, -0.05) is 6.07 Å². The van der Waals surface area contributed by atoms with Crippen LogP contribution in [0.5, 0.6) is 0 Å². The van der Waals surface area contributed by atoms with Gasteiger partial charge in [0, 0.05) is 11.7 Å².